The van der Waals surface area contributed by atoms with E-state index in [-0.39, 0.29) is 11.9 Å². The second-order valence-electron chi connectivity index (χ2n) is 5.31. The van der Waals surface area contributed by atoms with Gasteiger partial charge < -0.3 is 10.1 Å². The van der Waals surface area contributed by atoms with Gasteiger partial charge in [0.05, 0.1) is 13.2 Å². The van der Waals surface area contributed by atoms with Crippen molar-refractivity contribution in [1.29, 1.82) is 0 Å². The van der Waals surface area contributed by atoms with Crippen LogP contribution in [0, 0.1) is 0 Å². The summed E-state index contributed by atoms with van der Waals surface area (Å²) in [7, 11) is 0. The molecule has 0 aliphatic carbocycles. The van der Waals surface area contributed by atoms with Crippen LogP contribution in [0.5, 0.6) is 0 Å². The fourth-order valence-corrected chi connectivity index (χ4v) is 2.61. The molecule has 2 rings (SSSR count). The van der Waals surface area contributed by atoms with E-state index >= 15 is 0 Å². The number of pyridine rings is 1. The SMILES string of the molecule is CCc1cc(C(=O)NC(C)CN2CCOCC2)cc(Cl)n1. The summed E-state index contributed by atoms with van der Waals surface area (Å²) in [6, 6.07) is 3.48. The summed E-state index contributed by atoms with van der Waals surface area (Å²) in [5.41, 5.74) is 1.40. The molecule has 1 unspecified atom stereocenters. The molecule has 5 nitrogen and oxygen atoms in total. The van der Waals surface area contributed by atoms with Gasteiger partial charge in [0, 0.05) is 36.9 Å². The van der Waals surface area contributed by atoms with Crippen LogP contribution >= 0.6 is 11.6 Å². The van der Waals surface area contributed by atoms with E-state index in [0.717, 1.165) is 45.0 Å². The van der Waals surface area contributed by atoms with Crippen LogP contribution < -0.4 is 5.32 Å². The zero-order valence-corrected chi connectivity index (χ0v) is 13.3. The number of hydrogen-bond acceptors (Lipinski definition) is 4. The molecule has 116 valence electrons. The zero-order chi connectivity index (χ0) is 15.2. The third kappa shape index (κ3) is 4.95. The maximum absolute atomic E-state index is 12.3. The molecule has 1 atom stereocenters. The fourth-order valence-electron chi connectivity index (χ4n) is 2.39. The zero-order valence-electron chi connectivity index (χ0n) is 12.6. The molecule has 1 aliphatic rings. The second kappa shape index (κ2) is 7.73. The molecule has 0 spiro atoms. The van der Waals surface area contributed by atoms with Gasteiger partial charge in [-0.3, -0.25) is 9.69 Å². The van der Waals surface area contributed by atoms with E-state index in [1.54, 1.807) is 12.1 Å². The highest BCUT2D eigenvalue weighted by Gasteiger charge is 2.16. The van der Waals surface area contributed by atoms with E-state index in [1.807, 2.05) is 13.8 Å². The molecular formula is C15H22ClN3O2. The molecule has 0 saturated carbocycles. The van der Waals surface area contributed by atoms with Crippen LogP contribution in [0.1, 0.15) is 29.9 Å². The molecule has 0 radical (unpaired) electrons. The Labute approximate surface area is 130 Å². The highest BCUT2D eigenvalue weighted by atomic mass is 35.5. The first-order valence-corrected chi connectivity index (χ1v) is 7.73. The average Bonchev–Trinajstić information content (AvgIpc) is 2.47. The maximum Gasteiger partial charge on any atom is 0.251 e. The first-order chi connectivity index (χ1) is 10.1. The molecule has 1 aliphatic heterocycles. The molecule has 6 heteroatoms. The number of morpholine rings is 1. The molecular weight excluding hydrogens is 290 g/mol. The van der Waals surface area contributed by atoms with Crippen molar-refractivity contribution in [2.45, 2.75) is 26.3 Å². The maximum atomic E-state index is 12.3. The van der Waals surface area contributed by atoms with E-state index in [9.17, 15) is 4.79 Å². The third-order valence-electron chi connectivity index (χ3n) is 3.48. The summed E-state index contributed by atoms with van der Waals surface area (Å²) in [5, 5.41) is 3.38. The Balaban J connectivity index is 1.92. The van der Waals surface area contributed by atoms with Crippen molar-refractivity contribution in [2.75, 3.05) is 32.8 Å². The number of carbonyl (C=O) groups is 1. The number of halogens is 1. The third-order valence-corrected chi connectivity index (χ3v) is 3.68. The Morgan fingerprint density at radius 1 is 1.48 bits per heavy atom. The van der Waals surface area contributed by atoms with Gasteiger partial charge in [-0.1, -0.05) is 18.5 Å². The van der Waals surface area contributed by atoms with Gasteiger partial charge in [-0.05, 0) is 25.5 Å². The first-order valence-electron chi connectivity index (χ1n) is 7.36. The van der Waals surface area contributed by atoms with E-state index in [0.29, 0.717) is 10.7 Å². The van der Waals surface area contributed by atoms with Crippen LogP contribution in [0.3, 0.4) is 0 Å². The van der Waals surface area contributed by atoms with Gasteiger partial charge in [-0.25, -0.2) is 4.98 Å². The molecule has 1 amide bonds. The second-order valence-corrected chi connectivity index (χ2v) is 5.70. The lowest BCUT2D eigenvalue weighted by Gasteiger charge is -2.29. The van der Waals surface area contributed by atoms with E-state index in [4.69, 9.17) is 16.3 Å². The normalized spacial score (nSPS) is 17.5. The van der Waals surface area contributed by atoms with Crippen molar-refractivity contribution in [1.82, 2.24) is 15.2 Å². The van der Waals surface area contributed by atoms with Crippen LogP contribution in [0.4, 0.5) is 0 Å². The quantitative estimate of drug-likeness (QED) is 0.842. The summed E-state index contributed by atoms with van der Waals surface area (Å²) in [6.07, 6.45) is 0.754. The van der Waals surface area contributed by atoms with Crippen molar-refractivity contribution in [3.63, 3.8) is 0 Å². The van der Waals surface area contributed by atoms with Gasteiger partial charge in [0.1, 0.15) is 5.15 Å². The van der Waals surface area contributed by atoms with Crippen LogP contribution in [0.25, 0.3) is 0 Å². The number of ether oxygens (including phenoxy) is 1. The Morgan fingerprint density at radius 2 is 2.19 bits per heavy atom. The average molecular weight is 312 g/mol. The standard InChI is InChI=1S/C15H22ClN3O2/c1-3-13-8-12(9-14(16)18-13)15(20)17-11(2)10-19-4-6-21-7-5-19/h8-9,11H,3-7,10H2,1-2H3,(H,17,20). The van der Waals surface area contributed by atoms with Crippen LogP contribution in [-0.4, -0.2) is 54.7 Å². The van der Waals surface area contributed by atoms with Gasteiger partial charge in [0.25, 0.3) is 5.91 Å². The molecule has 1 aromatic rings. The number of aromatic nitrogens is 1. The van der Waals surface area contributed by atoms with Crippen LogP contribution in [-0.2, 0) is 11.2 Å². The van der Waals surface area contributed by atoms with Crippen LogP contribution in [0.2, 0.25) is 5.15 Å². The summed E-state index contributed by atoms with van der Waals surface area (Å²) in [5.74, 6) is -0.102. The predicted molar refractivity (Wildman–Crippen MR) is 82.8 cm³/mol. The van der Waals surface area contributed by atoms with Gasteiger partial charge in [-0.2, -0.15) is 0 Å². The summed E-state index contributed by atoms with van der Waals surface area (Å²) in [4.78, 5) is 18.7. The lowest BCUT2D eigenvalue weighted by Crippen LogP contribution is -2.46. The Kier molecular flexibility index (Phi) is 5.96. The van der Waals surface area contributed by atoms with Crippen molar-refractivity contribution in [3.8, 4) is 0 Å². The van der Waals surface area contributed by atoms with E-state index in [1.165, 1.54) is 0 Å². The number of nitrogens with zero attached hydrogens (tertiary/aromatic N) is 2. The number of nitrogens with one attached hydrogen (secondary N) is 1. The Hall–Kier alpha value is -1.17. The largest absolute Gasteiger partial charge is 0.379 e. The predicted octanol–water partition coefficient (Wildman–Crippen LogP) is 1.75. The van der Waals surface area contributed by atoms with Crippen molar-refractivity contribution < 1.29 is 9.53 Å². The topological polar surface area (TPSA) is 54.5 Å². The fraction of sp³-hybridized carbons (Fsp3) is 0.600. The van der Waals surface area contributed by atoms with Crippen molar-refractivity contribution >= 4 is 17.5 Å². The van der Waals surface area contributed by atoms with Gasteiger partial charge in [-0.15, -0.1) is 0 Å². The molecule has 1 saturated heterocycles. The molecule has 1 fully saturated rings. The molecule has 1 N–H and O–H groups in total. The minimum absolute atomic E-state index is 0.0765. The lowest BCUT2D eigenvalue weighted by atomic mass is 10.1. The van der Waals surface area contributed by atoms with Crippen molar-refractivity contribution in [3.05, 3.63) is 28.5 Å². The number of rotatable bonds is 5. The Bertz CT molecular complexity index is 490. The lowest BCUT2D eigenvalue weighted by molar-refractivity contribution is 0.0342. The first kappa shape index (κ1) is 16.2. The monoisotopic (exact) mass is 311 g/mol. The Morgan fingerprint density at radius 3 is 2.86 bits per heavy atom. The van der Waals surface area contributed by atoms with Gasteiger partial charge in [0.2, 0.25) is 0 Å². The minimum atomic E-state index is -0.102. The smallest absolute Gasteiger partial charge is 0.251 e. The van der Waals surface area contributed by atoms with E-state index in [2.05, 4.69) is 15.2 Å². The highest BCUT2D eigenvalue weighted by Crippen LogP contribution is 2.12. The summed E-state index contributed by atoms with van der Waals surface area (Å²) in [6.45, 7) is 8.19. The molecule has 1 aromatic heterocycles. The van der Waals surface area contributed by atoms with Gasteiger partial charge in [0.15, 0.2) is 0 Å². The number of aryl methyl sites for hydroxylation is 1. The number of carbonyl (C=O) groups excluding carboxylic acids is 1. The molecule has 21 heavy (non-hydrogen) atoms. The summed E-state index contributed by atoms with van der Waals surface area (Å²) >= 11 is 5.95. The van der Waals surface area contributed by atoms with E-state index < -0.39 is 0 Å². The van der Waals surface area contributed by atoms with Crippen molar-refractivity contribution in [2.24, 2.45) is 0 Å². The molecule has 2 heterocycles. The minimum Gasteiger partial charge on any atom is -0.379 e. The molecule has 0 aromatic carbocycles. The highest BCUT2D eigenvalue weighted by molar-refractivity contribution is 6.29. The number of amides is 1. The number of hydrogen-bond donors (Lipinski definition) is 1. The van der Waals surface area contributed by atoms with Crippen LogP contribution in [0.15, 0.2) is 12.1 Å². The summed E-state index contributed by atoms with van der Waals surface area (Å²) < 4.78 is 5.32. The molecule has 0 bridgehead atoms. The van der Waals surface area contributed by atoms with Gasteiger partial charge >= 0.3 is 0 Å².